The Morgan fingerprint density at radius 3 is 2.37 bits per heavy atom. The molecule has 0 saturated carbocycles. The van der Waals surface area contributed by atoms with Crippen LogP contribution in [0.4, 0.5) is 0 Å². The molecule has 1 atom stereocenters. The summed E-state index contributed by atoms with van der Waals surface area (Å²) in [5.41, 5.74) is 0.692. The molecule has 146 valence electrons. The van der Waals surface area contributed by atoms with Crippen molar-refractivity contribution in [2.24, 2.45) is 0 Å². The third-order valence-corrected chi connectivity index (χ3v) is 6.50. The molecule has 0 spiro atoms. The van der Waals surface area contributed by atoms with Crippen LogP contribution in [0.15, 0.2) is 24.3 Å². The molecule has 2 amide bonds. The summed E-state index contributed by atoms with van der Waals surface area (Å²) in [6.07, 6.45) is 0.811. The van der Waals surface area contributed by atoms with Gasteiger partial charge in [0.25, 0.3) is 11.8 Å². The quantitative estimate of drug-likeness (QED) is 0.491. The molecule has 1 aromatic rings. The first kappa shape index (κ1) is 19.5. The fourth-order valence-electron chi connectivity index (χ4n) is 3.30. The van der Waals surface area contributed by atoms with Gasteiger partial charge in [0.1, 0.15) is 6.04 Å². The van der Waals surface area contributed by atoms with Crippen LogP contribution in [-0.4, -0.2) is 78.6 Å². The van der Waals surface area contributed by atoms with Crippen LogP contribution in [0.3, 0.4) is 0 Å². The molecule has 0 aliphatic carbocycles. The first-order chi connectivity index (χ1) is 12.8. The zero-order valence-electron chi connectivity index (χ0n) is 14.5. The minimum atomic E-state index is -3.74. The van der Waals surface area contributed by atoms with Gasteiger partial charge in [-0.25, -0.2) is 8.42 Å². The summed E-state index contributed by atoms with van der Waals surface area (Å²) in [5, 5.41) is 9.10. The summed E-state index contributed by atoms with van der Waals surface area (Å²) < 4.78 is 30.9. The largest absolute Gasteiger partial charge is 0.480 e. The second kappa shape index (κ2) is 7.75. The molecule has 1 fully saturated rings. The van der Waals surface area contributed by atoms with Crippen LogP contribution in [0.5, 0.6) is 0 Å². The van der Waals surface area contributed by atoms with Crippen LogP contribution >= 0.6 is 0 Å². The smallest absolute Gasteiger partial charge is 0.322 e. The van der Waals surface area contributed by atoms with E-state index in [1.807, 2.05) is 0 Å². The first-order valence-corrected chi connectivity index (χ1v) is 10.2. The number of rotatable bonds is 8. The lowest BCUT2D eigenvalue weighted by Crippen LogP contribution is -2.42. The van der Waals surface area contributed by atoms with Gasteiger partial charge < -0.3 is 9.84 Å². The second-order valence-corrected chi connectivity index (χ2v) is 8.38. The first-order valence-electron chi connectivity index (χ1n) is 8.58. The third kappa shape index (κ3) is 3.87. The number of ether oxygens (including phenoxy) is 1. The van der Waals surface area contributed by atoms with Crippen LogP contribution in [0.2, 0.25) is 0 Å². The summed E-state index contributed by atoms with van der Waals surface area (Å²) >= 11 is 0. The Bertz CT molecular complexity index is 833. The Hall–Kier alpha value is -2.30. The van der Waals surface area contributed by atoms with Crippen molar-refractivity contribution in [2.75, 3.05) is 32.1 Å². The van der Waals surface area contributed by atoms with Crippen molar-refractivity contribution in [3.63, 3.8) is 0 Å². The van der Waals surface area contributed by atoms with Gasteiger partial charge in [-0.15, -0.1) is 0 Å². The van der Waals surface area contributed by atoms with Gasteiger partial charge >= 0.3 is 5.97 Å². The zero-order valence-corrected chi connectivity index (χ0v) is 15.4. The number of carbonyl (C=O) groups is 3. The van der Waals surface area contributed by atoms with Crippen LogP contribution in [-0.2, 0) is 19.6 Å². The van der Waals surface area contributed by atoms with Crippen molar-refractivity contribution >= 4 is 27.8 Å². The molecule has 1 unspecified atom stereocenters. The van der Waals surface area contributed by atoms with Gasteiger partial charge in [-0.3, -0.25) is 19.3 Å². The average molecular weight is 396 g/mol. The van der Waals surface area contributed by atoms with Crippen LogP contribution in [0.1, 0.15) is 33.6 Å². The van der Waals surface area contributed by atoms with Gasteiger partial charge in [0.2, 0.25) is 10.0 Å². The Morgan fingerprint density at radius 2 is 1.78 bits per heavy atom. The van der Waals surface area contributed by atoms with Crippen molar-refractivity contribution < 1.29 is 32.6 Å². The molecule has 2 aliphatic rings. The second-order valence-electron chi connectivity index (χ2n) is 6.34. The summed E-state index contributed by atoms with van der Waals surface area (Å²) in [7, 11) is -3.74. The summed E-state index contributed by atoms with van der Waals surface area (Å²) in [5.74, 6) is -2.29. The lowest BCUT2D eigenvalue weighted by molar-refractivity contribution is -0.140. The van der Waals surface area contributed by atoms with Crippen molar-refractivity contribution in [2.45, 2.75) is 18.9 Å². The molecule has 0 radical (unpaired) electrons. The minimum absolute atomic E-state index is 0.00332. The molecule has 10 heteroatoms. The number of imide groups is 1. The van der Waals surface area contributed by atoms with Crippen molar-refractivity contribution in [1.82, 2.24) is 9.21 Å². The molecule has 0 aromatic heterocycles. The van der Waals surface area contributed by atoms with E-state index in [1.54, 1.807) is 24.3 Å². The van der Waals surface area contributed by atoms with E-state index in [2.05, 4.69) is 0 Å². The number of aliphatic carboxylic acids is 1. The maximum atomic E-state index is 12.3. The third-order valence-electron chi connectivity index (χ3n) is 4.67. The molecule has 3 rings (SSSR count). The Labute approximate surface area is 156 Å². The number of carbonyl (C=O) groups excluding carboxylic acids is 2. The molecule has 2 heterocycles. The van der Waals surface area contributed by atoms with E-state index in [-0.39, 0.29) is 32.1 Å². The molecule has 9 nitrogen and oxygen atoms in total. The molecule has 0 bridgehead atoms. The van der Waals surface area contributed by atoms with Crippen LogP contribution in [0, 0.1) is 0 Å². The maximum Gasteiger partial charge on any atom is 0.322 e. The molecular formula is C17H20N2O7S. The Morgan fingerprint density at radius 1 is 1.15 bits per heavy atom. The normalized spacial score (nSPS) is 20.3. The van der Waals surface area contributed by atoms with Crippen molar-refractivity contribution in [3.8, 4) is 0 Å². The predicted octanol–water partition coefficient (Wildman–Crippen LogP) is 0.178. The highest BCUT2D eigenvalue weighted by Crippen LogP contribution is 2.23. The number of carboxylic acids is 1. The van der Waals surface area contributed by atoms with Gasteiger partial charge in [-0.2, -0.15) is 4.31 Å². The number of hydrogen-bond acceptors (Lipinski definition) is 6. The molecule has 1 aromatic carbocycles. The number of benzene rings is 1. The van der Waals surface area contributed by atoms with Crippen molar-refractivity contribution in [3.05, 3.63) is 35.4 Å². The zero-order chi connectivity index (χ0) is 19.6. The maximum absolute atomic E-state index is 12.3. The van der Waals surface area contributed by atoms with Crippen LogP contribution < -0.4 is 0 Å². The lowest BCUT2D eigenvalue weighted by Gasteiger charge is -2.21. The number of fused-ring (bicyclic) bond motifs is 1. The number of sulfonamides is 1. The van der Waals surface area contributed by atoms with E-state index in [1.165, 1.54) is 0 Å². The fraction of sp³-hybridized carbons (Fsp3) is 0.471. The highest BCUT2D eigenvalue weighted by atomic mass is 32.2. The number of carboxylic acid groups (broad SMARTS) is 1. The standard InChI is InChI=1S/C17H20N2O7S/c20-15-12-4-1-2-5-13(12)16(21)18(15)8-9-26-10-11-27(24,25)19-7-3-6-14(19)17(22)23/h1-2,4-5,14H,3,6-11H2,(H,22,23). The SMILES string of the molecule is O=C(O)C1CCCN1S(=O)(=O)CCOCCN1C(=O)c2ccccc2C1=O. The number of nitrogens with zero attached hydrogens (tertiary/aromatic N) is 2. The predicted molar refractivity (Wildman–Crippen MR) is 93.8 cm³/mol. The number of amides is 2. The summed E-state index contributed by atoms with van der Waals surface area (Å²) in [4.78, 5) is 36.6. The molecule has 1 N–H and O–H groups in total. The topological polar surface area (TPSA) is 121 Å². The van der Waals surface area contributed by atoms with E-state index in [9.17, 15) is 22.8 Å². The number of hydrogen-bond donors (Lipinski definition) is 1. The van der Waals surface area contributed by atoms with Gasteiger partial charge in [0, 0.05) is 6.54 Å². The Kier molecular flexibility index (Phi) is 5.59. The molecule has 1 saturated heterocycles. The van der Waals surface area contributed by atoms with E-state index in [4.69, 9.17) is 9.84 Å². The van der Waals surface area contributed by atoms with E-state index in [0.29, 0.717) is 24.0 Å². The summed E-state index contributed by atoms with van der Waals surface area (Å²) in [6, 6.07) is 5.50. The highest BCUT2D eigenvalue weighted by Gasteiger charge is 2.38. The monoisotopic (exact) mass is 396 g/mol. The van der Waals surface area contributed by atoms with Gasteiger partial charge in [0.15, 0.2) is 0 Å². The molecule has 27 heavy (non-hydrogen) atoms. The van der Waals surface area contributed by atoms with Crippen LogP contribution in [0.25, 0.3) is 0 Å². The Balaban J connectivity index is 1.47. The van der Waals surface area contributed by atoms with Gasteiger partial charge in [0.05, 0.1) is 36.6 Å². The highest BCUT2D eigenvalue weighted by molar-refractivity contribution is 7.89. The van der Waals surface area contributed by atoms with E-state index < -0.39 is 33.8 Å². The average Bonchev–Trinajstić information content (AvgIpc) is 3.22. The van der Waals surface area contributed by atoms with Gasteiger partial charge in [-0.1, -0.05) is 12.1 Å². The molecule has 2 aliphatic heterocycles. The fourth-order valence-corrected chi connectivity index (χ4v) is 4.86. The van der Waals surface area contributed by atoms with Gasteiger partial charge in [-0.05, 0) is 25.0 Å². The van der Waals surface area contributed by atoms with E-state index in [0.717, 1.165) is 9.21 Å². The minimum Gasteiger partial charge on any atom is -0.480 e. The summed E-state index contributed by atoms with van der Waals surface area (Å²) in [6.45, 7) is 0.0693. The van der Waals surface area contributed by atoms with E-state index >= 15 is 0 Å². The lowest BCUT2D eigenvalue weighted by atomic mass is 10.1. The molecular weight excluding hydrogens is 376 g/mol. The van der Waals surface area contributed by atoms with Crippen molar-refractivity contribution in [1.29, 1.82) is 0 Å².